The van der Waals surface area contributed by atoms with Gasteiger partial charge in [-0.25, -0.2) is 15.0 Å². The number of imidazole rings is 1. The van der Waals surface area contributed by atoms with Gasteiger partial charge >= 0.3 is 6.61 Å². The Morgan fingerprint density at radius 3 is 2.83 bits per heavy atom. The summed E-state index contributed by atoms with van der Waals surface area (Å²) in [7, 11) is 1.81. The van der Waals surface area contributed by atoms with E-state index in [1.807, 2.05) is 37.7 Å². The number of ether oxygens (including phenoxy) is 1. The smallest absolute Gasteiger partial charge is 0.387 e. The third kappa shape index (κ3) is 4.61. The van der Waals surface area contributed by atoms with Crippen LogP contribution in [0.3, 0.4) is 0 Å². The number of nitrogens with zero attached hydrogens (tertiary/aromatic N) is 7. The number of nitrogens with one attached hydrogen (secondary N) is 1. The van der Waals surface area contributed by atoms with E-state index in [0.717, 1.165) is 11.4 Å². The van der Waals surface area contributed by atoms with Crippen LogP contribution in [0.4, 0.5) is 20.5 Å². The Balaban J connectivity index is 1.40. The second kappa shape index (κ2) is 9.36. The molecule has 0 fully saturated rings. The van der Waals surface area contributed by atoms with Gasteiger partial charge in [0.2, 0.25) is 5.95 Å². The van der Waals surface area contributed by atoms with Gasteiger partial charge in [0.05, 0.1) is 11.9 Å². The first-order valence-electron chi connectivity index (χ1n) is 11.3. The third-order valence-electron chi connectivity index (χ3n) is 5.97. The molecular formula is C24H24F2N8O2. The first kappa shape index (κ1) is 23.4. The van der Waals surface area contributed by atoms with Crippen LogP contribution < -0.4 is 10.1 Å². The van der Waals surface area contributed by atoms with Gasteiger partial charge in [-0.15, -0.1) is 0 Å². The van der Waals surface area contributed by atoms with Crippen molar-refractivity contribution in [1.82, 2.24) is 34.2 Å². The molecule has 0 saturated carbocycles. The number of rotatable bonds is 7. The Labute approximate surface area is 205 Å². The van der Waals surface area contributed by atoms with Gasteiger partial charge < -0.3 is 19.5 Å². The van der Waals surface area contributed by atoms with E-state index in [9.17, 15) is 13.6 Å². The highest BCUT2D eigenvalue weighted by molar-refractivity contribution is 5.92. The normalized spacial score (nSPS) is 15.3. The van der Waals surface area contributed by atoms with Crippen LogP contribution in [-0.4, -0.2) is 52.8 Å². The minimum atomic E-state index is -2.91. The van der Waals surface area contributed by atoms with Gasteiger partial charge in [-0.3, -0.25) is 9.48 Å². The second-order valence-electron chi connectivity index (χ2n) is 8.60. The van der Waals surface area contributed by atoms with Crippen LogP contribution in [0.2, 0.25) is 0 Å². The van der Waals surface area contributed by atoms with Crippen LogP contribution in [0.5, 0.6) is 5.75 Å². The monoisotopic (exact) mass is 494 g/mol. The van der Waals surface area contributed by atoms with Gasteiger partial charge in [-0.05, 0) is 37.1 Å². The molecule has 0 bridgehead atoms. The molecule has 1 N–H and O–H groups in total. The summed E-state index contributed by atoms with van der Waals surface area (Å²) in [5, 5.41) is 7.25. The summed E-state index contributed by atoms with van der Waals surface area (Å²) in [5.74, 6) is 1.22. The number of anilines is 2. The number of aromatic nitrogens is 6. The fourth-order valence-corrected chi connectivity index (χ4v) is 4.17. The predicted molar refractivity (Wildman–Crippen MR) is 127 cm³/mol. The Bertz CT molecular complexity index is 1420. The molecule has 5 rings (SSSR count). The molecule has 36 heavy (non-hydrogen) atoms. The number of aryl methyl sites for hydroxylation is 2. The number of carbonyl (C=O) groups excluding carboxylic acids is 1. The van der Waals surface area contributed by atoms with Crippen molar-refractivity contribution in [1.29, 1.82) is 0 Å². The highest BCUT2D eigenvalue weighted by Crippen LogP contribution is 2.27. The van der Waals surface area contributed by atoms with E-state index in [0.29, 0.717) is 35.3 Å². The lowest BCUT2D eigenvalue weighted by atomic mass is 10.1. The van der Waals surface area contributed by atoms with Gasteiger partial charge in [0.1, 0.15) is 17.3 Å². The van der Waals surface area contributed by atoms with Crippen LogP contribution in [0, 0.1) is 6.92 Å². The predicted octanol–water partition coefficient (Wildman–Crippen LogP) is 3.77. The van der Waals surface area contributed by atoms with Gasteiger partial charge in [0.15, 0.2) is 5.82 Å². The fourth-order valence-electron chi connectivity index (χ4n) is 4.17. The highest BCUT2D eigenvalue weighted by atomic mass is 19.3. The number of fused-ring (bicyclic) bond motifs is 1. The number of alkyl halides is 2. The van der Waals surface area contributed by atoms with E-state index < -0.39 is 6.61 Å². The van der Waals surface area contributed by atoms with Gasteiger partial charge in [-0.1, -0.05) is 12.1 Å². The maximum absolute atomic E-state index is 13.4. The first-order chi connectivity index (χ1) is 17.3. The molecule has 1 aliphatic heterocycles. The zero-order valence-corrected chi connectivity index (χ0v) is 19.9. The van der Waals surface area contributed by atoms with Crippen molar-refractivity contribution in [2.75, 3.05) is 5.32 Å². The molecule has 1 atom stereocenters. The molecule has 3 aromatic heterocycles. The van der Waals surface area contributed by atoms with Crippen LogP contribution in [-0.2, 0) is 20.1 Å². The molecule has 186 valence electrons. The molecule has 10 nitrogen and oxygen atoms in total. The van der Waals surface area contributed by atoms with E-state index in [2.05, 4.69) is 30.1 Å². The summed E-state index contributed by atoms with van der Waals surface area (Å²) in [6.07, 6.45) is 5.19. The lowest BCUT2D eigenvalue weighted by Gasteiger charge is -2.33. The Morgan fingerprint density at radius 2 is 2.08 bits per heavy atom. The van der Waals surface area contributed by atoms with Crippen molar-refractivity contribution in [3.8, 4) is 17.1 Å². The number of hydrogen-bond acceptors (Lipinski definition) is 7. The first-order valence-corrected chi connectivity index (χ1v) is 11.3. The van der Waals surface area contributed by atoms with Crippen molar-refractivity contribution >= 4 is 17.7 Å². The Morgan fingerprint density at radius 1 is 1.25 bits per heavy atom. The van der Waals surface area contributed by atoms with Crippen LogP contribution in [0.25, 0.3) is 11.4 Å². The zero-order valence-electron chi connectivity index (χ0n) is 19.9. The molecule has 4 heterocycles. The maximum atomic E-state index is 13.4. The lowest BCUT2D eigenvalue weighted by Crippen LogP contribution is -2.46. The van der Waals surface area contributed by atoms with Crippen molar-refractivity contribution in [3.05, 3.63) is 65.9 Å². The lowest BCUT2D eigenvalue weighted by molar-refractivity contribution is -0.0499. The van der Waals surface area contributed by atoms with E-state index in [4.69, 9.17) is 0 Å². The zero-order chi connectivity index (χ0) is 25.4. The molecule has 0 radical (unpaired) electrons. The summed E-state index contributed by atoms with van der Waals surface area (Å²) in [5.41, 5.74) is 2.67. The summed E-state index contributed by atoms with van der Waals surface area (Å²) < 4.78 is 33.2. The summed E-state index contributed by atoms with van der Waals surface area (Å²) in [6.45, 7) is 1.68. The van der Waals surface area contributed by atoms with Crippen molar-refractivity contribution in [3.63, 3.8) is 0 Å². The van der Waals surface area contributed by atoms with Crippen LogP contribution in [0.1, 0.15) is 28.7 Å². The van der Waals surface area contributed by atoms with Gasteiger partial charge in [-0.2, -0.15) is 13.9 Å². The molecule has 0 aliphatic carbocycles. The minimum Gasteiger partial charge on any atom is -0.435 e. The molecule has 12 heteroatoms. The van der Waals surface area contributed by atoms with E-state index >= 15 is 0 Å². The van der Waals surface area contributed by atoms with Crippen molar-refractivity contribution in [2.45, 2.75) is 39.6 Å². The van der Waals surface area contributed by atoms with E-state index in [-0.39, 0.29) is 24.2 Å². The molecule has 1 aliphatic rings. The number of hydrogen-bond donors (Lipinski definition) is 1. The third-order valence-corrected chi connectivity index (χ3v) is 5.97. The van der Waals surface area contributed by atoms with Crippen molar-refractivity contribution in [2.24, 2.45) is 7.05 Å². The van der Waals surface area contributed by atoms with Gasteiger partial charge in [0, 0.05) is 44.6 Å². The molecule has 0 saturated heterocycles. The number of amides is 1. The van der Waals surface area contributed by atoms with Crippen LogP contribution >= 0.6 is 0 Å². The molecule has 1 aromatic carbocycles. The largest absolute Gasteiger partial charge is 0.435 e. The quantitative estimate of drug-likeness (QED) is 0.417. The fraction of sp³-hybridized carbons (Fsp3) is 0.292. The second-order valence-corrected chi connectivity index (χ2v) is 8.60. The molecule has 1 amide bonds. The molecule has 0 spiro atoms. The number of carbonyl (C=O) groups is 1. The Kier molecular flexibility index (Phi) is 6.08. The number of benzene rings is 1. The molecular weight excluding hydrogens is 470 g/mol. The number of halogens is 2. The summed E-state index contributed by atoms with van der Waals surface area (Å²) in [4.78, 5) is 28.6. The van der Waals surface area contributed by atoms with Crippen LogP contribution in [0.15, 0.2) is 48.9 Å². The van der Waals surface area contributed by atoms with E-state index in [1.54, 1.807) is 34.1 Å². The average molecular weight is 495 g/mol. The minimum absolute atomic E-state index is 0.0539. The summed E-state index contributed by atoms with van der Waals surface area (Å²) >= 11 is 0. The van der Waals surface area contributed by atoms with Gasteiger partial charge in [0.25, 0.3) is 5.91 Å². The topological polar surface area (TPSA) is 103 Å². The van der Waals surface area contributed by atoms with Crippen molar-refractivity contribution < 1.29 is 18.3 Å². The average Bonchev–Trinajstić information content (AvgIpc) is 3.44. The molecule has 4 aromatic rings. The highest BCUT2D eigenvalue weighted by Gasteiger charge is 2.32. The maximum Gasteiger partial charge on any atom is 0.387 e. The Hall–Kier alpha value is -4.35. The molecule has 0 unspecified atom stereocenters. The van der Waals surface area contributed by atoms with E-state index in [1.165, 1.54) is 12.1 Å². The SMILES string of the molecule is Cc1cnc(Nc2ccnn2C)nc1-c1cn2c(n1)C(=O)N(Cc1cccc(OC(F)F)c1)[C@@H](C)C2. The summed E-state index contributed by atoms with van der Waals surface area (Å²) in [6, 6.07) is 8.03. The standard InChI is InChI=1S/C24H24F2N8O2/c1-14-10-27-24(30-19-7-8-28-32(19)3)31-20(14)18-13-33-11-15(2)34(22(35)21(33)29-18)12-16-5-4-6-17(9-16)36-23(25)26/h4-10,13,15,23H,11-12H2,1-3H3,(H,27,30,31)/t15-/m0/s1.